The quantitative estimate of drug-likeness (QED) is 0.754. The van der Waals surface area contributed by atoms with Crippen molar-refractivity contribution >= 4 is 5.91 Å². The summed E-state index contributed by atoms with van der Waals surface area (Å²) in [6.45, 7) is 1.68. The van der Waals surface area contributed by atoms with Crippen molar-refractivity contribution in [3.8, 4) is 0 Å². The summed E-state index contributed by atoms with van der Waals surface area (Å²) in [5.74, 6) is 0.102. The van der Waals surface area contributed by atoms with E-state index in [0.717, 1.165) is 19.5 Å². The van der Waals surface area contributed by atoms with Gasteiger partial charge in [-0.15, -0.1) is 0 Å². The number of aromatic nitrogens is 2. The Morgan fingerprint density at radius 3 is 2.88 bits per heavy atom. The number of carbonyl (C=O) groups excluding carboxylic acids is 1. The Morgan fingerprint density at radius 1 is 1.53 bits per heavy atom. The van der Waals surface area contributed by atoms with Crippen LogP contribution in [0.25, 0.3) is 0 Å². The van der Waals surface area contributed by atoms with Crippen molar-refractivity contribution < 1.29 is 4.79 Å². The van der Waals surface area contributed by atoms with Crippen molar-refractivity contribution in [1.82, 2.24) is 19.6 Å². The number of likely N-dealkylation sites (tertiary alicyclic amines) is 1. The molecule has 1 aliphatic heterocycles. The molecule has 1 fully saturated rings. The number of hydrogen-bond donors (Lipinski definition) is 0. The molecule has 1 atom stereocenters. The minimum absolute atomic E-state index is 0.102. The van der Waals surface area contributed by atoms with Crippen LogP contribution in [0.1, 0.15) is 23.2 Å². The molecule has 1 aliphatic rings. The van der Waals surface area contributed by atoms with Gasteiger partial charge in [0.15, 0.2) is 0 Å². The highest BCUT2D eigenvalue weighted by molar-refractivity contribution is 5.93. The lowest BCUT2D eigenvalue weighted by Gasteiger charge is -2.35. The molecule has 94 valence electrons. The zero-order valence-corrected chi connectivity index (χ0v) is 10.8. The summed E-state index contributed by atoms with van der Waals surface area (Å²) in [6, 6.07) is 0.476. The third-order valence-corrected chi connectivity index (χ3v) is 3.37. The van der Waals surface area contributed by atoms with E-state index in [4.69, 9.17) is 0 Å². The Labute approximate surface area is 102 Å². The van der Waals surface area contributed by atoms with Crippen molar-refractivity contribution in [3.63, 3.8) is 0 Å². The summed E-state index contributed by atoms with van der Waals surface area (Å²) in [5.41, 5.74) is 0.687. The van der Waals surface area contributed by atoms with Gasteiger partial charge in [0.05, 0.1) is 11.8 Å². The first-order valence-electron chi connectivity index (χ1n) is 6.02. The van der Waals surface area contributed by atoms with Crippen LogP contribution in [0.4, 0.5) is 0 Å². The Hall–Kier alpha value is -1.36. The summed E-state index contributed by atoms with van der Waals surface area (Å²) in [6.07, 6.45) is 5.67. The molecule has 1 aromatic heterocycles. The van der Waals surface area contributed by atoms with E-state index >= 15 is 0 Å². The van der Waals surface area contributed by atoms with Gasteiger partial charge >= 0.3 is 0 Å². The fourth-order valence-corrected chi connectivity index (χ4v) is 2.27. The molecule has 0 radical (unpaired) electrons. The topological polar surface area (TPSA) is 41.4 Å². The molecule has 0 bridgehead atoms. The molecule has 1 unspecified atom stereocenters. The largest absolute Gasteiger partial charge is 0.337 e. The predicted octanol–water partition coefficient (Wildman–Crippen LogP) is 0.586. The molecule has 0 spiro atoms. The molecule has 1 aromatic rings. The zero-order chi connectivity index (χ0) is 12.4. The molecule has 17 heavy (non-hydrogen) atoms. The van der Waals surface area contributed by atoms with Gasteiger partial charge in [0.25, 0.3) is 5.91 Å². The second kappa shape index (κ2) is 4.87. The lowest BCUT2D eigenvalue weighted by atomic mass is 10.0. The van der Waals surface area contributed by atoms with Crippen molar-refractivity contribution in [2.24, 2.45) is 7.05 Å². The average Bonchev–Trinajstić information content (AvgIpc) is 2.75. The fraction of sp³-hybridized carbons (Fsp3) is 0.667. The van der Waals surface area contributed by atoms with Gasteiger partial charge in [0.2, 0.25) is 0 Å². The first-order chi connectivity index (χ1) is 8.08. The van der Waals surface area contributed by atoms with Gasteiger partial charge in [-0.2, -0.15) is 5.10 Å². The minimum atomic E-state index is 0.102. The number of amides is 1. The van der Waals surface area contributed by atoms with E-state index in [9.17, 15) is 4.79 Å². The smallest absolute Gasteiger partial charge is 0.257 e. The second-order valence-corrected chi connectivity index (χ2v) is 4.91. The van der Waals surface area contributed by atoms with Crippen LogP contribution in [-0.2, 0) is 7.05 Å². The Morgan fingerprint density at radius 2 is 2.29 bits per heavy atom. The molecule has 1 amide bonds. The minimum Gasteiger partial charge on any atom is -0.337 e. The summed E-state index contributed by atoms with van der Waals surface area (Å²) in [4.78, 5) is 16.4. The summed E-state index contributed by atoms with van der Waals surface area (Å²) >= 11 is 0. The molecule has 5 nitrogen and oxygen atoms in total. The second-order valence-electron chi connectivity index (χ2n) is 4.91. The van der Waals surface area contributed by atoms with Crippen molar-refractivity contribution in [1.29, 1.82) is 0 Å². The molecule has 2 heterocycles. The van der Waals surface area contributed by atoms with E-state index in [1.54, 1.807) is 17.1 Å². The monoisotopic (exact) mass is 236 g/mol. The number of piperidine rings is 1. The number of likely N-dealkylation sites (N-methyl/N-ethyl adjacent to an activating group) is 1. The van der Waals surface area contributed by atoms with Crippen LogP contribution in [0.2, 0.25) is 0 Å². The predicted molar refractivity (Wildman–Crippen MR) is 65.8 cm³/mol. The maximum atomic E-state index is 12.2. The number of rotatable bonds is 2. The highest BCUT2D eigenvalue weighted by Gasteiger charge is 2.25. The standard InChI is InChI=1S/C12H20N4O/c1-14(2)11-5-4-6-16(9-11)12(17)10-7-13-15(3)8-10/h7-8,11H,4-6,9H2,1-3H3. The number of carbonyl (C=O) groups is 1. The van der Waals surface area contributed by atoms with Gasteiger partial charge in [0, 0.05) is 32.4 Å². The van der Waals surface area contributed by atoms with Crippen molar-refractivity contribution in [2.75, 3.05) is 27.2 Å². The number of nitrogens with zero attached hydrogens (tertiary/aromatic N) is 4. The third-order valence-electron chi connectivity index (χ3n) is 3.37. The van der Waals surface area contributed by atoms with Gasteiger partial charge < -0.3 is 9.80 Å². The average molecular weight is 236 g/mol. The van der Waals surface area contributed by atoms with Crippen LogP contribution in [0.5, 0.6) is 0 Å². The van der Waals surface area contributed by atoms with Crippen LogP contribution in [0, 0.1) is 0 Å². The van der Waals surface area contributed by atoms with E-state index in [1.807, 2.05) is 11.9 Å². The summed E-state index contributed by atoms with van der Waals surface area (Å²) in [5, 5.41) is 4.05. The Balaban J connectivity index is 2.04. The number of hydrogen-bond acceptors (Lipinski definition) is 3. The normalized spacial score (nSPS) is 20.9. The van der Waals surface area contributed by atoms with Gasteiger partial charge in [-0.1, -0.05) is 0 Å². The SMILES string of the molecule is CN(C)C1CCCN(C(=O)c2cnn(C)c2)C1. The molecular formula is C12H20N4O. The van der Waals surface area contributed by atoms with E-state index in [-0.39, 0.29) is 5.91 Å². The van der Waals surface area contributed by atoms with E-state index in [2.05, 4.69) is 24.1 Å². The maximum absolute atomic E-state index is 12.2. The highest BCUT2D eigenvalue weighted by atomic mass is 16.2. The van der Waals surface area contributed by atoms with Crippen molar-refractivity contribution in [2.45, 2.75) is 18.9 Å². The molecule has 2 rings (SSSR count). The lowest BCUT2D eigenvalue weighted by molar-refractivity contribution is 0.0635. The molecule has 5 heteroatoms. The zero-order valence-electron chi connectivity index (χ0n) is 10.8. The maximum Gasteiger partial charge on any atom is 0.257 e. The van der Waals surface area contributed by atoms with E-state index in [1.165, 1.54) is 6.42 Å². The van der Waals surface area contributed by atoms with Gasteiger partial charge in [-0.05, 0) is 26.9 Å². The van der Waals surface area contributed by atoms with E-state index < -0.39 is 0 Å². The molecule has 0 N–H and O–H groups in total. The first kappa shape index (κ1) is 12.1. The van der Waals surface area contributed by atoms with Gasteiger partial charge in [0.1, 0.15) is 0 Å². The van der Waals surface area contributed by atoms with Crippen molar-refractivity contribution in [3.05, 3.63) is 18.0 Å². The van der Waals surface area contributed by atoms with Crippen LogP contribution in [0.3, 0.4) is 0 Å². The summed E-state index contributed by atoms with van der Waals surface area (Å²) in [7, 11) is 5.97. The lowest BCUT2D eigenvalue weighted by Crippen LogP contribution is -2.47. The van der Waals surface area contributed by atoms with Crippen LogP contribution in [-0.4, -0.2) is 58.7 Å². The molecule has 0 saturated carbocycles. The highest BCUT2D eigenvalue weighted by Crippen LogP contribution is 2.16. The fourth-order valence-electron chi connectivity index (χ4n) is 2.27. The first-order valence-corrected chi connectivity index (χ1v) is 6.02. The van der Waals surface area contributed by atoms with E-state index in [0.29, 0.717) is 11.6 Å². The molecule has 0 aliphatic carbocycles. The third kappa shape index (κ3) is 2.66. The van der Waals surface area contributed by atoms with Crippen LogP contribution in [0.15, 0.2) is 12.4 Å². The molecule has 1 saturated heterocycles. The Kier molecular flexibility index (Phi) is 3.47. The van der Waals surface area contributed by atoms with Gasteiger partial charge in [-0.3, -0.25) is 9.48 Å². The van der Waals surface area contributed by atoms with Crippen LogP contribution >= 0.6 is 0 Å². The molecular weight excluding hydrogens is 216 g/mol. The summed E-state index contributed by atoms with van der Waals surface area (Å²) < 4.78 is 1.67. The Bertz CT molecular complexity index is 399. The van der Waals surface area contributed by atoms with Crippen LogP contribution < -0.4 is 0 Å². The van der Waals surface area contributed by atoms with Gasteiger partial charge in [-0.25, -0.2) is 0 Å². The number of aryl methyl sites for hydroxylation is 1. The molecule has 0 aromatic carbocycles.